The van der Waals surface area contributed by atoms with E-state index in [0.717, 1.165) is 25.7 Å². The van der Waals surface area contributed by atoms with E-state index < -0.39 is 5.92 Å². The zero-order chi connectivity index (χ0) is 20.9. The molecule has 0 bridgehead atoms. The normalized spacial score (nSPS) is 19.3. The molecule has 2 heterocycles. The Morgan fingerprint density at radius 1 is 1.28 bits per heavy atom. The summed E-state index contributed by atoms with van der Waals surface area (Å²) >= 11 is 0. The highest BCUT2D eigenvalue weighted by Crippen LogP contribution is 2.38. The summed E-state index contributed by atoms with van der Waals surface area (Å²) in [5, 5.41) is 2.86. The van der Waals surface area contributed by atoms with Crippen LogP contribution in [0.4, 0.5) is 14.5 Å². The van der Waals surface area contributed by atoms with E-state index in [1.54, 1.807) is 24.0 Å². The fraction of sp³-hybridized carbons (Fsp3) is 0.650. The lowest BCUT2D eigenvalue weighted by atomic mass is 10.1. The van der Waals surface area contributed by atoms with Crippen LogP contribution in [0.1, 0.15) is 43.1 Å². The molecular weight excluding hydrogens is 384 g/mol. The Bertz CT molecular complexity index is 716. The van der Waals surface area contributed by atoms with Crippen molar-refractivity contribution in [3.05, 3.63) is 17.8 Å². The average Bonchev–Trinajstić information content (AvgIpc) is 3.58. The van der Waals surface area contributed by atoms with E-state index in [4.69, 9.17) is 4.74 Å². The molecule has 0 unspecified atom stereocenters. The van der Waals surface area contributed by atoms with Gasteiger partial charge in [-0.25, -0.2) is 13.8 Å². The molecule has 29 heavy (non-hydrogen) atoms. The predicted molar refractivity (Wildman–Crippen MR) is 102 cm³/mol. The summed E-state index contributed by atoms with van der Waals surface area (Å²) in [6.07, 6.45) is 4.56. The first kappa shape index (κ1) is 21.3. The highest BCUT2D eigenvalue weighted by Gasteiger charge is 2.45. The minimum Gasteiger partial charge on any atom is -0.476 e. The molecule has 3 aliphatic rings. The Morgan fingerprint density at radius 3 is 2.48 bits per heavy atom. The Hall–Kier alpha value is -2.45. The van der Waals surface area contributed by atoms with Crippen molar-refractivity contribution >= 4 is 18.1 Å². The van der Waals surface area contributed by atoms with E-state index in [-0.39, 0.29) is 30.6 Å². The van der Waals surface area contributed by atoms with Crippen LogP contribution in [0.25, 0.3) is 0 Å². The number of amides is 1. The van der Waals surface area contributed by atoms with Crippen molar-refractivity contribution in [3.63, 3.8) is 0 Å². The van der Waals surface area contributed by atoms with Crippen LogP contribution in [0, 0.1) is 11.8 Å². The summed E-state index contributed by atoms with van der Waals surface area (Å²) in [5.74, 6) is -1.50. The van der Waals surface area contributed by atoms with Gasteiger partial charge in [-0.2, -0.15) is 0 Å². The maximum atomic E-state index is 13.2. The summed E-state index contributed by atoms with van der Waals surface area (Å²) in [6, 6.07) is 3.24. The summed E-state index contributed by atoms with van der Waals surface area (Å²) in [6.45, 7) is 3.19. The van der Waals surface area contributed by atoms with Crippen LogP contribution in [-0.2, 0) is 9.53 Å². The largest absolute Gasteiger partial charge is 0.476 e. The second kappa shape index (κ2) is 9.37. The highest BCUT2D eigenvalue weighted by molar-refractivity contribution is 5.92. The molecule has 3 fully saturated rings. The number of carbonyl (C=O) groups is 2. The number of halogens is 2. The van der Waals surface area contributed by atoms with Gasteiger partial charge in [0.05, 0.1) is 26.3 Å². The molecule has 1 aliphatic heterocycles. The van der Waals surface area contributed by atoms with Gasteiger partial charge in [0.1, 0.15) is 11.4 Å². The number of aromatic nitrogens is 1. The fourth-order valence-corrected chi connectivity index (χ4v) is 2.79. The standard InChI is InChI=1S/C17H21F2N3O2.C3H6O2/c18-17(19)9-22(10-17)14-6-5-13(15(23)20-7-11-1-2-11)21-16(14)24-8-12-3-4-12;1-2-5-3-4/h5-6,11-12H,1-4,7-10H2,(H,20,23);3H,2H2,1H3. The minimum absolute atomic E-state index is 0.237. The van der Waals surface area contributed by atoms with Crippen LogP contribution in [0.5, 0.6) is 5.88 Å². The third kappa shape index (κ3) is 6.54. The first-order chi connectivity index (χ1) is 13.9. The van der Waals surface area contributed by atoms with Crippen molar-refractivity contribution in [2.24, 2.45) is 11.8 Å². The molecule has 4 rings (SSSR count). The number of nitrogens with one attached hydrogen (secondary N) is 1. The van der Waals surface area contributed by atoms with Crippen LogP contribution in [0.2, 0.25) is 0 Å². The molecule has 0 aromatic carbocycles. The van der Waals surface area contributed by atoms with Crippen molar-refractivity contribution < 1.29 is 27.8 Å². The van der Waals surface area contributed by atoms with Gasteiger partial charge in [-0.3, -0.25) is 9.59 Å². The third-order valence-electron chi connectivity index (χ3n) is 4.89. The number of ether oxygens (including phenoxy) is 2. The lowest BCUT2D eigenvalue weighted by Crippen LogP contribution is -2.56. The smallest absolute Gasteiger partial charge is 0.293 e. The molecule has 1 aromatic heterocycles. The third-order valence-corrected chi connectivity index (χ3v) is 4.89. The van der Waals surface area contributed by atoms with Gasteiger partial charge in [-0.1, -0.05) is 0 Å². The molecule has 9 heteroatoms. The lowest BCUT2D eigenvalue weighted by Gasteiger charge is -2.40. The molecule has 160 valence electrons. The number of hydrogen-bond donors (Lipinski definition) is 1. The zero-order valence-corrected chi connectivity index (χ0v) is 16.5. The van der Waals surface area contributed by atoms with E-state index in [0.29, 0.717) is 43.8 Å². The Labute approximate surface area is 168 Å². The van der Waals surface area contributed by atoms with E-state index in [9.17, 15) is 18.4 Å². The Balaban J connectivity index is 0.000000431. The first-order valence-corrected chi connectivity index (χ1v) is 10.0. The van der Waals surface area contributed by atoms with Crippen molar-refractivity contribution in [2.45, 2.75) is 38.5 Å². The molecule has 1 amide bonds. The number of rotatable bonds is 9. The van der Waals surface area contributed by atoms with E-state index in [1.807, 2.05) is 0 Å². The molecule has 2 saturated carbocycles. The summed E-state index contributed by atoms with van der Waals surface area (Å²) < 4.78 is 36.2. The van der Waals surface area contributed by atoms with E-state index in [2.05, 4.69) is 15.0 Å². The highest BCUT2D eigenvalue weighted by atomic mass is 19.3. The number of alkyl halides is 2. The number of nitrogens with zero attached hydrogens (tertiary/aromatic N) is 2. The molecular formula is C20H27F2N3O4. The van der Waals surface area contributed by atoms with Crippen LogP contribution in [0.3, 0.4) is 0 Å². The van der Waals surface area contributed by atoms with Crippen LogP contribution in [0.15, 0.2) is 12.1 Å². The average molecular weight is 411 g/mol. The van der Waals surface area contributed by atoms with E-state index in [1.165, 1.54) is 0 Å². The summed E-state index contributed by atoms with van der Waals surface area (Å²) in [5.41, 5.74) is 0.817. The maximum absolute atomic E-state index is 13.2. The molecule has 0 spiro atoms. The zero-order valence-electron chi connectivity index (χ0n) is 16.5. The van der Waals surface area contributed by atoms with Crippen LogP contribution in [-0.4, -0.2) is 56.1 Å². The van der Waals surface area contributed by atoms with Gasteiger partial charge in [0.25, 0.3) is 18.3 Å². The Kier molecular flexibility index (Phi) is 6.87. The van der Waals surface area contributed by atoms with Gasteiger partial charge >= 0.3 is 0 Å². The van der Waals surface area contributed by atoms with Crippen LogP contribution < -0.4 is 15.0 Å². The van der Waals surface area contributed by atoms with Crippen molar-refractivity contribution in [3.8, 4) is 5.88 Å². The maximum Gasteiger partial charge on any atom is 0.293 e. The SMILES string of the molecule is CCOC=O.O=C(NCC1CC1)c1ccc(N2CC(F)(F)C2)c(OCC2CC2)n1. The summed E-state index contributed by atoms with van der Waals surface area (Å²) in [7, 11) is 0. The lowest BCUT2D eigenvalue weighted by molar-refractivity contribution is -0.128. The van der Waals surface area contributed by atoms with Crippen LogP contribution >= 0.6 is 0 Å². The predicted octanol–water partition coefficient (Wildman–Crippen LogP) is 2.64. The second-order valence-corrected chi connectivity index (χ2v) is 7.69. The molecule has 1 aromatic rings. The molecule has 7 nitrogen and oxygen atoms in total. The monoisotopic (exact) mass is 411 g/mol. The van der Waals surface area contributed by atoms with Crippen molar-refractivity contribution in [1.82, 2.24) is 10.3 Å². The van der Waals surface area contributed by atoms with Gasteiger partial charge in [0, 0.05) is 6.54 Å². The summed E-state index contributed by atoms with van der Waals surface area (Å²) in [4.78, 5) is 27.2. The first-order valence-electron chi connectivity index (χ1n) is 10.0. The number of pyridine rings is 1. The number of carbonyl (C=O) groups excluding carboxylic acids is 2. The molecule has 1 saturated heterocycles. The van der Waals surface area contributed by atoms with Gasteiger partial charge in [0.15, 0.2) is 0 Å². The van der Waals surface area contributed by atoms with Gasteiger partial charge in [0.2, 0.25) is 5.88 Å². The van der Waals surface area contributed by atoms with Crippen molar-refractivity contribution in [1.29, 1.82) is 0 Å². The topological polar surface area (TPSA) is 80.8 Å². The number of hydrogen-bond acceptors (Lipinski definition) is 6. The Morgan fingerprint density at radius 2 is 1.97 bits per heavy atom. The van der Waals surface area contributed by atoms with Gasteiger partial charge in [-0.05, 0) is 56.6 Å². The van der Waals surface area contributed by atoms with Gasteiger partial charge < -0.3 is 19.7 Å². The minimum atomic E-state index is -2.66. The molecule has 1 N–H and O–H groups in total. The molecule has 0 radical (unpaired) electrons. The molecule has 2 aliphatic carbocycles. The quantitative estimate of drug-likeness (QED) is 0.630. The van der Waals surface area contributed by atoms with Crippen molar-refractivity contribution in [2.75, 3.05) is 37.7 Å². The van der Waals surface area contributed by atoms with Gasteiger partial charge in [-0.15, -0.1) is 0 Å². The molecule has 0 atom stereocenters. The number of anilines is 1. The van der Waals surface area contributed by atoms with E-state index >= 15 is 0 Å². The second-order valence-electron chi connectivity index (χ2n) is 7.69. The fourth-order valence-electron chi connectivity index (χ4n) is 2.79.